The molecule has 2 N–H and O–H groups in total. The predicted octanol–water partition coefficient (Wildman–Crippen LogP) is 1.14. The molecule has 0 aliphatic rings. The molecular formula is C10H14O4. The first-order chi connectivity index (χ1) is 6.43. The van der Waals surface area contributed by atoms with Crippen LogP contribution in [0.1, 0.15) is 31.1 Å². The minimum atomic E-state index is -0.625. The highest BCUT2D eigenvalue weighted by Crippen LogP contribution is 2.22. The van der Waals surface area contributed by atoms with E-state index in [1.165, 1.54) is 13.0 Å². The third-order valence-corrected chi connectivity index (χ3v) is 2.35. The molecule has 0 spiro atoms. The summed E-state index contributed by atoms with van der Waals surface area (Å²) < 4.78 is 4.94. The monoisotopic (exact) mass is 198 g/mol. The maximum absolute atomic E-state index is 11.2. The van der Waals surface area contributed by atoms with Crippen LogP contribution in [0.25, 0.3) is 0 Å². The van der Waals surface area contributed by atoms with E-state index in [4.69, 9.17) is 4.42 Å². The molecule has 0 aliphatic carbocycles. The molecule has 0 aromatic carbocycles. The lowest BCUT2D eigenvalue weighted by Crippen LogP contribution is -2.14. The van der Waals surface area contributed by atoms with Gasteiger partial charge in [0.2, 0.25) is 0 Å². The summed E-state index contributed by atoms with van der Waals surface area (Å²) in [4.78, 5) is 11.2. The van der Waals surface area contributed by atoms with Crippen molar-refractivity contribution < 1.29 is 14.6 Å². The molecule has 4 heteroatoms. The molecule has 1 rings (SSSR count). The first kappa shape index (κ1) is 10.8. The number of hydrogen-bond donors (Lipinski definition) is 2. The molecule has 78 valence electrons. The minimum Gasteiger partial charge on any atom is -0.507 e. The lowest BCUT2D eigenvalue weighted by Gasteiger charge is -2.13. The third-order valence-electron chi connectivity index (χ3n) is 2.35. The van der Waals surface area contributed by atoms with Crippen LogP contribution in [0.2, 0.25) is 0 Å². The predicted molar refractivity (Wildman–Crippen MR) is 51.5 cm³/mol. The van der Waals surface area contributed by atoms with E-state index in [0.717, 1.165) is 0 Å². The van der Waals surface area contributed by atoms with Crippen LogP contribution in [0.5, 0.6) is 5.75 Å². The maximum Gasteiger partial charge on any atom is 0.342 e. The van der Waals surface area contributed by atoms with Gasteiger partial charge in [0.05, 0.1) is 11.7 Å². The van der Waals surface area contributed by atoms with E-state index in [1.54, 1.807) is 13.8 Å². The van der Waals surface area contributed by atoms with Gasteiger partial charge in [-0.3, -0.25) is 0 Å². The summed E-state index contributed by atoms with van der Waals surface area (Å²) in [5.74, 6) is -0.106. The van der Waals surface area contributed by atoms with E-state index in [1.807, 2.05) is 0 Å². The topological polar surface area (TPSA) is 70.7 Å². The average Bonchev–Trinajstić information content (AvgIpc) is 2.12. The average molecular weight is 198 g/mol. The molecule has 1 aromatic rings. The van der Waals surface area contributed by atoms with E-state index in [9.17, 15) is 15.0 Å². The normalized spacial score (nSPS) is 15.1. The van der Waals surface area contributed by atoms with E-state index in [-0.39, 0.29) is 17.2 Å². The quantitative estimate of drug-likeness (QED) is 0.747. The van der Waals surface area contributed by atoms with E-state index < -0.39 is 11.7 Å². The van der Waals surface area contributed by atoms with Crippen molar-refractivity contribution in [3.8, 4) is 5.75 Å². The van der Waals surface area contributed by atoms with Crippen molar-refractivity contribution in [3.05, 3.63) is 27.8 Å². The van der Waals surface area contributed by atoms with Gasteiger partial charge in [-0.25, -0.2) is 4.79 Å². The fourth-order valence-corrected chi connectivity index (χ4v) is 1.02. The van der Waals surface area contributed by atoms with Crippen LogP contribution in [0.3, 0.4) is 0 Å². The van der Waals surface area contributed by atoms with E-state index >= 15 is 0 Å². The van der Waals surface area contributed by atoms with E-state index in [2.05, 4.69) is 0 Å². The summed E-state index contributed by atoms with van der Waals surface area (Å²) in [6, 6.07) is 1.37. The van der Waals surface area contributed by atoms with Crippen LogP contribution in [0.4, 0.5) is 0 Å². The Bertz CT molecular complexity index is 378. The van der Waals surface area contributed by atoms with Gasteiger partial charge < -0.3 is 14.6 Å². The summed E-state index contributed by atoms with van der Waals surface area (Å²) in [6.45, 7) is 4.80. The van der Waals surface area contributed by atoms with Crippen LogP contribution in [0, 0.1) is 6.92 Å². The highest BCUT2D eigenvalue weighted by molar-refractivity contribution is 5.29. The highest BCUT2D eigenvalue weighted by Gasteiger charge is 2.16. The van der Waals surface area contributed by atoms with Gasteiger partial charge in [0.1, 0.15) is 11.5 Å². The second kappa shape index (κ2) is 3.84. The SMILES string of the molecule is Cc1c(O)cc([C@@H](C)[C@@H](C)O)oc1=O. The molecule has 14 heavy (non-hydrogen) atoms. The number of aromatic hydroxyl groups is 1. The third kappa shape index (κ3) is 1.96. The molecule has 0 aliphatic heterocycles. The molecule has 0 amide bonds. The van der Waals surface area contributed by atoms with Crippen molar-refractivity contribution in [2.24, 2.45) is 0 Å². The molecule has 0 radical (unpaired) electrons. The Morgan fingerprint density at radius 1 is 1.43 bits per heavy atom. The maximum atomic E-state index is 11.2. The smallest absolute Gasteiger partial charge is 0.342 e. The summed E-state index contributed by atoms with van der Waals surface area (Å²) >= 11 is 0. The summed E-state index contributed by atoms with van der Waals surface area (Å²) in [6.07, 6.45) is -0.625. The van der Waals surface area contributed by atoms with Gasteiger partial charge in [-0.2, -0.15) is 0 Å². The Kier molecular flexibility index (Phi) is 2.96. The fourth-order valence-electron chi connectivity index (χ4n) is 1.02. The zero-order valence-electron chi connectivity index (χ0n) is 8.44. The Labute approximate surface area is 81.8 Å². The molecule has 0 bridgehead atoms. The van der Waals surface area contributed by atoms with Crippen molar-refractivity contribution in [1.82, 2.24) is 0 Å². The van der Waals surface area contributed by atoms with Crippen LogP contribution in [-0.2, 0) is 0 Å². The first-order valence-electron chi connectivity index (χ1n) is 4.45. The minimum absolute atomic E-state index is 0.0937. The van der Waals surface area contributed by atoms with Crippen LogP contribution in [-0.4, -0.2) is 16.3 Å². The summed E-state index contributed by atoms with van der Waals surface area (Å²) in [5, 5.41) is 18.7. The first-order valence-corrected chi connectivity index (χ1v) is 4.45. The number of hydrogen-bond acceptors (Lipinski definition) is 4. The standard InChI is InChI=1S/C10H14O4/c1-5(7(3)11)9-4-8(12)6(2)10(13)14-9/h4-5,7,11-12H,1-3H3/t5-,7+/m0/s1. The zero-order valence-corrected chi connectivity index (χ0v) is 8.44. The van der Waals surface area contributed by atoms with Gasteiger partial charge >= 0.3 is 5.63 Å². The largest absolute Gasteiger partial charge is 0.507 e. The van der Waals surface area contributed by atoms with Crippen molar-refractivity contribution >= 4 is 0 Å². The molecule has 4 nitrogen and oxygen atoms in total. The van der Waals surface area contributed by atoms with Crippen LogP contribution >= 0.6 is 0 Å². The molecule has 2 atom stereocenters. The van der Waals surface area contributed by atoms with Crippen molar-refractivity contribution in [2.75, 3.05) is 0 Å². The molecule has 0 unspecified atom stereocenters. The van der Waals surface area contributed by atoms with Gasteiger partial charge in [-0.15, -0.1) is 0 Å². The van der Waals surface area contributed by atoms with Crippen molar-refractivity contribution in [3.63, 3.8) is 0 Å². The molecule has 0 saturated carbocycles. The molecule has 1 heterocycles. The highest BCUT2D eigenvalue weighted by atomic mass is 16.4. The molecule has 1 aromatic heterocycles. The molecular weight excluding hydrogens is 184 g/mol. The molecule has 0 saturated heterocycles. The Balaban J connectivity index is 3.19. The van der Waals surface area contributed by atoms with Gasteiger partial charge in [-0.05, 0) is 13.8 Å². The van der Waals surface area contributed by atoms with Gasteiger partial charge in [-0.1, -0.05) is 6.92 Å². The number of rotatable bonds is 2. The number of aliphatic hydroxyl groups is 1. The number of aliphatic hydroxyl groups excluding tert-OH is 1. The Morgan fingerprint density at radius 2 is 2.00 bits per heavy atom. The second-order valence-electron chi connectivity index (χ2n) is 3.48. The van der Waals surface area contributed by atoms with Crippen molar-refractivity contribution in [2.45, 2.75) is 32.8 Å². The fraction of sp³-hybridized carbons (Fsp3) is 0.500. The summed E-state index contributed by atoms with van der Waals surface area (Å²) in [7, 11) is 0. The van der Waals surface area contributed by atoms with E-state index in [0.29, 0.717) is 5.76 Å². The summed E-state index contributed by atoms with van der Waals surface area (Å²) in [5.41, 5.74) is -0.376. The zero-order chi connectivity index (χ0) is 10.9. The lowest BCUT2D eigenvalue weighted by molar-refractivity contribution is 0.156. The van der Waals surface area contributed by atoms with Crippen LogP contribution in [0.15, 0.2) is 15.3 Å². The lowest BCUT2D eigenvalue weighted by atomic mass is 10.0. The van der Waals surface area contributed by atoms with Crippen molar-refractivity contribution in [1.29, 1.82) is 0 Å². The Morgan fingerprint density at radius 3 is 2.43 bits per heavy atom. The Hall–Kier alpha value is -1.29. The van der Waals surface area contributed by atoms with Gasteiger partial charge in [0.15, 0.2) is 0 Å². The van der Waals surface area contributed by atoms with Gasteiger partial charge in [0, 0.05) is 12.0 Å². The molecule has 0 fully saturated rings. The van der Waals surface area contributed by atoms with Crippen LogP contribution < -0.4 is 5.63 Å². The van der Waals surface area contributed by atoms with Gasteiger partial charge in [0.25, 0.3) is 0 Å². The second-order valence-corrected chi connectivity index (χ2v) is 3.48.